The van der Waals surface area contributed by atoms with Crippen LogP contribution in [-0.2, 0) is 4.74 Å². The average molecular weight is 405 g/mol. The van der Waals surface area contributed by atoms with Gasteiger partial charge in [-0.3, -0.25) is 10.1 Å². The highest BCUT2D eigenvalue weighted by Gasteiger charge is 2.26. The number of nitrogens with zero attached hydrogens (tertiary/aromatic N) is 1. The van der Waals surface area contributed by atoms with Crippen LogP contribution in [0, 0.1) is 15.9 Å². The van der Waals surface area contributed by atoms with Crippen molar-refractivity contribution < 1.29 is 19.0 Å². The average Bonchev–Trinajstić information content (AvgIpc) is 2.70. The van der Waals surface area contributed by atoms with E-state index < -0.39 is 4.92 Å². The van der Waals surface area contributed by atoms with Gasteiger partial charge in [0.15, 0.2) is 5.11 Å². The molecule has 0 radical (unpaired) electrons. The number of benzene rings is 2. The van der Waals surface area contributed by atoms with Crippen molar-refractivity contribution in [2.24, 2.45) is 0 Å². The molecule has 0 aromatic heterocycles. The molecule has 0 spiro atoms. The van der Waals surface area contributed by atoms with Crippen LogP contribution in [-0.4, -0.2) is 42.9 Å². The fourth-order valence-electron chi connectivity index (χ4n) is 3.21. The summed E-state index contributed by atoms with van der Waals surface area (Å²) in [4.78, 5) is 11.6. The van der Waals surface area contributed by atoms with Crippen LogP contribution < -0.4 is 15.5 Å². The molecular weight excluding hydrogens is 383 g/mol. The van der Waals surface area contributed by atoms with E-state index in [0.717, 1.165) is 18.7 Å². The fraction of sp³-hybridized carbons (Fsp3) is 0.316. The minimum absolute atomic E-state index is 0.0247. The van der Waals surface area contributed by atoms with Gasteiger partial charge in [0.25, 0.3) is 5.69 Å². The Morgan fingerprint density at radius 1 is 1.18 bits per heavy atom. The SMILES string of the molecule is O=[N+]([O-])c1ccc(NC(=S)NC[C@@H](c2ccc(F)cc2)[NH+]2CCOCC2)cc1. The number of thiocarbonyl (C=S) groups is 1. The summed E-state index contributed by atoms with van der Waals surface area (Å²) in [6.07, 6.45) is 0. The number of non-ortho nitro benzene ring substituents is 1. The van der Waals surface area contributed by atoms with Crippen molar-refractivity contribution in [1.29, 1.82) is 0 Å². The van der Waals surface area contributed by atoms with Crippen LogP contribution in [0.5, 0.6) is 0 Å². The van der Waals surface area contributed by atoms with E-state index >= 15 is 0 Å². The predicted octanol–water partition coefficient (Wildman–Crippen LogP) is 1.68. The predicted molar refractivity (Wildman–Crippen MR) is 108 cm³/mol. The van der Waals surface area contributed by atoms with E-state index in [9.17, 15) is 14.5 Å². The zero-order chi connectivity index (χ0) is 19.9. The second-order valence-electron chi connectivity index (χ2n) is 6.51. The molecule has 0 bridgehead atoms. The quantitative estimate of drug-likeness (QED) is 0.386. The maximum Gasteiger partial charge on any atom is 0.269 e. The molecule has 148 valence electrons. The topological polar surface area (TPSA) is 80.9 Å². The Morgan fingerprint density at radius 3 is 2.43 bits per heavy atom. The summed E-state index contributed by atoms with van der Waals surface area (Å²) in [6, 6.07) is 12.7. The van der Waals surface area contributed by atoms with E-state index in [4.69, 9.17) is 17.0 Å². The number of rotatable bonds is 6. The van der Waals surface area contributed by atoms with Crippen molar-refractivity contribution in [2.45, 2.75) is 6.04 Å². The summed E-state index contributed by atoms with van der Waals surface area (Å²) in [7, 11) is 0. The van der Waals surface area contributed by atoms with Crippen molar-refractivity contribution in [2.75, 3.05) is 38.2 Å². The summed E-state index contributed by atoms with van der Waals surface area (Å²) in [5.41, 5.74) is 1.72. The Balaban J connectivity index is 1.62. The number of quaternary nitrogens is 1. The van der Waals surface area contributed by atoms with Crippen molar-refractivity contribution in [3.8, 4) is 0 Å². The number of nitrogens with one attached hydrogen (secondary N) is 3. The van der Waals surface area contributed by atoms with Crippen molar-refractivity contribution >= 4 is 28.7 Å². The minimum Gasteiger partial charge on any atom is -0.370 e. The zero-order valence-corrected chi connectivity index (χ0v) is 16.0. The highest BCUT2D eigenvalue weighted by atomic mass is 32.1. The third-order valence-electron chi connectivity index (χ3n) is 4.70. The molecule has 7 nitrogen and oxygen atoms in total. The molecule has 3 N–H and O–H groups in total. The maximum absolute atomic E-state index is 13.3. The molecule has 1 aliphatic rings. The number of morpholine rings is 1. The highest BCUT2D eigenvalue weighted by molar-refractivity contribution is 7.80. The Bertz CT molecular complexity index is 811. The van der Waals surface area contributed by atoms with Gasteiger partial charge in [0.1, 0.15) is 24.9 Å². The smallest absolute Gasteiger partial charge is 0.269 e. The number of halogens is 1. The van der Waals surface area contributed by atoms with Crippen LogP contribution in [0.1, 0.15) is 11.6 Å². The molecule has 28 heavy (non-hydrogen) atoms. The van der Waals surface area contributed by atoms with Gasteiger partial charge in [-0.15, -0.1) is 0 Å². The molecule has 1 fully saturated rings. The molecule has 2 aromatic carbocycles. The van der Waals surface area contributed by atoms with Gasteiger partial charge in [-0.05, 0) is 36.5 Å². The Kier molecular flexibility index (Phi) is 6.85. The number of ether oxygens (including phenoxy) is 1. The van der Waals surface area contributed by atoms with E-state index in [1.807, 2.05) is 0 Å². The van der Waals surface area contributed by atoms with Gasteiger partial charge in [0.2, 0.25) is 0 Å². The summed E-state index contributed by atoms with van der Waals surface area (Å²) in [5, 5.41) is 17.4. The maximum atomic E-state index is 13.3. The molecule has 1 atom stereocenters. The van der Waals surface area contributed by atoms with Crippen molar-refractivity contribution in [3.63, 3.8) is 0 Å². The number of nitro groups is 1. The van der Waals surface area contributed by atoms with Gasteiger partial charge < -0.3 is 20.3 Å². The lowest BCUT2D eigenvalue weighted by molar-refractivity contribution is -0.937. The number of hydrogen-bond acceptors (Lipinski definition) is 4. The lowest BCUT2D eigenvalue weighted by Gasteiger charge is -2.32. The molecule has 0 unspecified atom stereocenters. The number of hydrogen-bond donors (Lipinski definition) is 3. The monoisotopic (exact) mass is 405 g/mol. The van der Waals surface area contributed by atoms with Crippen LogP contribution in [0.2, 0.25) is 0 Å². The van der Waals surface area contributed by atoms with Crippen LogP contribution in [0.3, 0.4) is 0 Å². The molecule has 0 saturated carbocycles. The summed E-state index contributed by atoms with van der Waals surface area (Å²) in [5.74, 6) is -0.261. The molecular formula is C19H22FN4O3S+. The second kappa shape index (κ2) is 9.54. The van der Waals surface area contributed by atoms with Crippen LogP contribution >= 0.6 is 12.2 Å². The minimum atomic E-state index is -0.446. The molecule has 1 aliphatic heterocycles. The van der Waals surface area contributed by atoms with E-state index in [2.05, 4.69) is 10.6 Å². The van der Waals surface area contributed by atoms with Crippen molar-refractivity contribution in [3.05, 3.63) is 70.0 Å². The third-order valence-corrected chi connectivity index (χ3v) is 4.95. The van der Waals surface area contributed by atoms with Crippen LogP contribution in [0.25, 0.3) is 0 Å². The van der Waals surface area contributed by atoms with Gasteiger partial charge in [0.05, 0.1) is 24.7 Å². The van der Waals surface area contributed by atoms with Gasteiger partial charge in [-0.2, -0.15) is 0 Å². The first kappa shape index (κ1) is 20.1. The number of anilines is 1. The molecule has 0 amide bonds. The molecule has 9 heteroatoms. The van der Waals surface area contributed by atoms with Gasteiger partial charge in [-0.1, -0.05) is 12.1 Å². The van der Waals surface area contributed by atoms with Crippen LogP contribution in [0.15, 0.2) is 48.5 Å². The Hall–Kier alpha value is -2.62. The van der Waals surface area contributed by atoms with E-state index in [0.29, 0.717) is 30.6 Å². The summed E-state index contributed by atoms with van der Waals surface area (Å²) >= 11 is 5.36. The molecule has 2 aromatic rings. The van der Waals surface area contributed by atoms with Crippen LogP contribution in [0.4, 0.5) is 15.8 Å². The molecule has 1 saturated heterocycles. The van der Waals surface area contributed by atoms with Crippen molar-refractivity contribution in [1.82, 2.24) is 5.32 Å². The van der Waals surface area contributed by atoms with E-state index in [-0.39, 0.29) is 17.5 Å². The van der Waals surface area contributed by atoms with Gasteiger partial charge >= 0.3 is 0 Å². The van der Waals surface area contributed by atoms with E-state index in [1.54, 1.807) is 24.3 Å². The third kappa shape index (κ3) is 5.44. The van der Waals surface area contributed by atoms with E-state index in [1.165, 1.54) is 29.2 Å². The summed E-state index contributed by atoms with van der Waals surface area (Å²) < 4.78 is 18.8. The Labute approximate surface area is 167 Å². The first-order chi connectivity index (χ1) is 13.5. The second-order valence-corrected chi connectivity index (χ2v) is 6.92. The standard InChI is InChI=1S/C19H21FN4O3S/c20-15-3-1-14(2-4-15)18(23-9-11-27-12-10-23)13-21-19(28)22-16-5-7-17(8-6-16)24(25)26/h1-8,18H,9-13H2,(H2,21,22,28)/p+1/t18-/m0/s1. The highest BCUT2D eigenvalue weighted by Crippen LogP contribution is 2.15. The molecule has 1 heterocycles. The molecule has 3 rings (SSSR count). The Morgan fingerprint density at radius 2 is 1.82 bits per heavy atom. The lowest BCUT2D eigenvalue weighted by atomic mass is 10.0. The first-order valence-electron chi connectivity index (χ1n) is 9.00. The first-order valence-corrected chi connectivity index (χ1v) is 9.41. The molecule has 0 aliphatic carbocycles. The fourth-order valence-corrected chi connectivity index (χ4v) is 3.41. The lowest BCUT2D eigenvalue weighted by Crippen LogP contribution is -3.15. The van der Waals surface area contributed by atoms with Gasteiger partial charge in [0, 0.05) is 23.4 Å². The zero-order valence-electron chi connectivity index (χ0n) is 15.2. The number of nitro benzene ring substituents is 1. The largest absolute Gasteiger partial charge is 0.370 e. The normalized spacial score (nSPS) is 15.6. The van der Waals surface area contributed by atoms with Gasteiger partial charge in [-0.25, -0.2) is 4.39 Å². The summed E-state index contributed by atoms with van der Waals surface area (Å²) in [6.45, 7) is 3.69.